The fourth-order valence-corrected chi connectivity index (χ4v) is 9.63. The first-order valence-corrected chi connectivity index (χ1v) is 27.9. The van der Waals surface area contributed by atoms with Crippen LogP contribution in [0, 0.1) is 11.8 Å². The van der Waals surface area contributed by atoms with E-state index in [9.17, 15) is 47.9 Å². The molecule has 2 aromatic rings. The third-order valence-electron chi connectivity index (χ3n) is 14.3. The predicted molar refractivity (Wildman–Crippen MR) is 300 cm³/mol. The molecule has 4 aliphatic rings. The van der Waals surface area contributed by atoms with Crippen molar-refractivity contribution in [1.82, 2.24) is 41.0 Å². The maximum Gasteiger partial charge on any atom is 0.312 e. The molecule has 1 aromatic heterocycles. The van der Waals surface area contributed by atoms with Gasteiger partial charge in [-0.25, -0.2) is 9.78 Å². The maximum absolute atomic E-state index is 13.6. The Morgan fingerprint density at radius 2 is 1.45 bits per heavy atom. The number of carboxylic acid groups (broad SMARTS) is 1. The molecule has 83 heavy (non-hydrogen) atoms. The Bertz CT molecular complexity index is 2860. The van der Waals surface area contributed by atoms with E-state index in [-0.39, 0.29) is 144 Å². The van der Waals surface area contributed by atoms with Crippen LogP contribution in [-0.2, 0) is 72.3 Å². The molecule has 1 unspecified atom stereocenters. The highest BCUT2D eigenvalue weighted by Crippen LogP contribution is 2.35. The number of carbonyl (C=O) groups is 10. The van der Waals surface area contributed by atoms with Crippen LogP contribution in [0.1, 0.15) is 108 Å². The van der Waals surface area contributed by atoms with Crippen molar-refractivity contribution in [3.8, 4) is 11.6 Å². The Hall–Kier alpha value is -8.77. The first kappa shape index (κ1) is 63.4. The largest absolute Gasteiger partial charge is 0.493 e. The topological polar surface area (TPSA) is 337 Å². The molecule has 0 spiro atoms. The molecule has 448 valence electrons. The second kappa shape index (κ2) is 30.9. The van der Waals surface area contributed by atoms with E-state index in [2.05, 4.69) is 31.6 Å². The van der Waals surface area contributed by atoms with Gasteiger partial charge in [0.15, 0.2) is 17.3 Å². The van der Waals surface area contributed by atoms with Crippen molar-refractivity contribution in [2.75, 3.05) is 58.9 Å². The van der Waals surface area contributed by atoms with Crippen LogP contribution in [0.15, 0.2) is 77.3 Å². The zero-order chi connectivity index (χ0) is 60.2. The van der Waals surface area contributed by atoms with Crippen LogP contribution in [0.2, 0.25) is 0 Å². The molecule has 0 bridgehead atoms. The molecule has 3 atom stereocenters. The average molecular weight is 1150 g/mol. The molecule has 1 aromatic carbocycles. The molecule has 0 saturated heterocycles. The summed E-state index contributed by atoms with van der Waals surface area (Å²) in [6, 6.07) is 5.71. The molecule has 0 fully saturated rings. The maximum atomic E-state index is 13.6. The van der Waals surface area contributed by atoms with Gasteiger partial charge in [-0.1, -0.05) is 39.3 Å². The van der Waals surface area contributed by atoms with E-state index in [1.54, 1.807) is 61.1 Å². The zero-order valence-electron chi connectivity index (χ0n) is 47.7. The van der Waals surface area contributed by atoms with Crippen molar-refractivity contribution in [2.45, 2.75) is 123 Å². The normalized spacial score (nSPS) is 16.0. The van der Waals surface area contributed by atoms with Crippen molar-refractivity contribution in [2.24, 2.45) is 17.6 Å². The minimum absolute atomic E-state index is 0.0421. The highest BCUT2D eigenvalue weighted by atomic mass is 16.5. The summed E-state index contributed by atoms with van der Waals surface area (Å²) in [5, 5.41) is 22.6. The summed E-state index contributed by atoms with van der Waals surface area (Å²) in [6.07, 6.45) is 8.42. The number of benzene rings is 1. The van der Waals surface area contributed by atoms with Crippen LogP contribution in [-0.4, -0.2) is 150 Å². The molecule has 3 aliphatic heterocycles. The van der Waals surface area contributed by atoms with E-state index in [1.807, 2.05) is 19.1 Å². The molecule has 25 nitrogen and oxygen atoms in total. The van der Waals surface area contributed by atoms with Gasteiger partial charge < -0.3 is 66.2 Å². The van der Waals surface area contributed by atoms with Gasteiger partial charge in [-0.15, -0.1) is 0 Å². The number of fused-ring (bicyclic) bond motifs is 1. The van der Waals surface area contributed by atoms with Crippen LogP contribution >= 0.6 is 0 Å². The lowest BCUT2D eigenvalue weighted by Crippen LogP contribution is -2.54. The highest BCUT2D eigenvalue weighted by Gasteiger charge is 2.33. The molecular weight excluding hydrogens is 1080 g/mol. The highest BCUT2D eigenvalue weighted by molar-refractivity contribution is 6.12. The number of nitrogens with two attached hydrogens (primary N) is 1. The number of ether oxygens (including phenoxy) is 4. The summed E-state index contributed by atoms with van der Waals surface area (Å²) < 4.78 is 23.4. The Morgan fingerprint density at radius 3 is 2.12 bits per heavy atom. The summed E-state index contributed by atoms with van der Waals surface area (Å²) >= 11 is 0. The number of carbonyl (C=O) groups excluding carboxylic acids is 9. The molecule has 0 saturated carbocycles. The first-order chi connectivity index (χ1) is 39.7. The Morgan fingerprint density at radius 1 is 0.747 bits per heavy atom. The number of hydrogen-bond acceptors (Lipinski definition) is 15. The minimum Gasteiger partial charge on any atom is -0.493 e. The van der Waals surface area contributed by atoms with Gasteiger partial charge in [-0.2, -0.15) is 0 Å². The number of primary amides is 1. The van der Waals surface area contributed by atoms with E-state index >= 15 is 0 Å². The third kappa shape index (κ3) is 18.9. The van der Waals surface area contributed by atoms with Crippen LogP contribution in [0.3, 0.4) is 0 Å². The van der Waals surface area contributed by atoms with Crippen molar-refractivity contribution in [1.29, 1.82) is 0 Å². The quantitative estimate of drug-likeness (QED) is 0.0408. The number of aromatic nitrogens is 1. The monoisotopic (exact) mass is 1150 g/mol. The van der Waals surface area contributed by atoms with Crippen molar-refractivity contribution >= 4 is 64.9 Å². The number of carboxylic acids is 1. The molecule has 1 aliphatic carbocycles. The number of unbranched alkanes of at least 4 members (excludes halogenated alkanes) is 2. The standard InChI is InChI=1S/C58H76N10O15/c1-35(2)54(65-48(70)12-7-6-8-24-68-51(73)19-20-52(68)74)56(78)63-42(11-9-23-60-58(59)79)55(77)62-40-15-13-37(14-16-40)30-61-47(69)17-18-49(71)67-32-39-29-46(81-5)57(64-43(39)34-67)83-26-10-25-82-45-27-36(3)41-33-66(50(72)21-22-53(75)76)31-38(41)28-44(45)80-4/h13-16,19-20,27-29,35-36,42,54H,6-12,17-18,21-26,30-34H2,1-5H3,(H,61,69)(H,62,77)(H,63,78)(H,65,70)(H,75,76)(H3,59,60,79)/t36?,42-,54-/m0/s1. The summed E-state index contributed by atoms with van der Waals surface area (Å²) in [5.41, 5.74) is 9.74. The van der Waals surface area contributed by atoms with Gasteiger partial charge in [0.05, 0.1) is 46.1 Å². The van der Waals surface area contributed by atoms with Gasteiger partial charge in [0.25, 0.3) is 17.7 Å². The first-order valence-electron chi connectivity index (χ1n) is 27.9. The average Bonchev–Trinajstić information content (AvgIpc) is 4.36. The van der Waals surface area contributed by atoms with Gasteiger partial charge in [0.1, 0.15) is 12.1 Å². The lowest BCUT2D eigenvalue weighted by atomic mass is 9.99. The number of aliphatic carboxylic acids is 1. The minimum atomic E-state index is -1.06. The number of rotatable bonds is 32. The molecule has 0 radical (unpaired) electrons. The molecule has 4 heterocycles. The van der Waals surface area contributed by atoms with Gasteiger partial charge >= 0.3 is 12.0 Å². The van der Waals surface area contributed by atoms with E-state index in [4.69, 9.17) is 29.8 Å². The predicted octanol–water partition coefficient (Wildman–Crippen LogP) is 3.38. The number of urea groups is 1. The number of amides is 10. The molecule has 25 heteroatoms. The van der Waals surface area contributed by atoms with E-state index in [0.717, 1.165) is 21.6 Å². The number of pyridine rings is 1. The van der Waals surface area contributed by atoms with Gasteiger partial charge in [-0.3, -0.25) is 48.1 Å². The lowest BCUT2D eigenvalue weighted by Gasteiger charge is -2.25. The van der Waals surface area contributed by atoms with Crippen molar-refractivity contribution in [3.63, 3.8) is 0 Å². The van der Waals surface area contributed by atoms with Gasteiger partial charge in [0, 0.05) is 95.1 Å². The third-order valence-corrected chi connectivity index (χ3v) is 14.3. The molecular formula is C58H76N10O15. The number of methoxy groups -OCH3 is 2. The van der Waals surface area contributed by atoms with Crippen molar-refractivity contribution < 1.29 is 72.0 Å². The summed E-state index contributed by atoms with van der Waals surface area (Å²) in [5.74, 6) is -2.68. The Labute approximate surface area is 481 Å². The van der Waals surface area contributed by atoms with E-state index in [1.165, 1.54) is 19.3 Å². The number of hydrogen-bond donors (Lipinski definition) is 7. The fraction of sp³-hybridized carbons (Fsp3) is 0.500. The van der Waals surface area contributed by atoms with Crippen molar-refractivity contribution in [3.05, 3.63) is 94.1 Å². The van der Waals surface area contributed by atoms with Crippen LogP contribution in [0.25, 0.3) is 0 Å². The van der Waals surface area contributed by atoms with E-state index < -0.39 is 35.9 Å². The van der Waals surface area contributed by atoms with Gasteiger partial charge in [-0.05, 0) is 84.2 Å². The number of nitrogens with one attached hydrogen (secondary N) is 5. The molecule has 6 rings (SSSR count). The fourth-order valence-electron chi connectivity index (χ4n) is 9.63. The van der Waals surface area contributed by atoms with Crippen LogP contribution < -0.4 is 41.8 Å². The zero-order valence-corrected chi connectivity index (χ0v) is 47.7. The van der Waals surface area contributed by atoms with Gasteiger partial charge in [0.2, 0.25) is 35.4 Å². The smallest absolute Gasteiger partial charge is 0.312 e. The molecule has 10 amide bonds. The van der Waals surface area contributed by atoms with E-state index in [0.29, 0.717) is 73.0 Å². The molecule has 8 N–H and O–H groups in total. The van der Waals surface area contributed by atoms with Crippen LogP contribution in [0.5, 0.6) is 11.6 Å². The van der Waals surface area contributed by atoms with Crippen LogP contribution in [0.4, 0.5) is 10.5 Å². The summed E-state index contributed by atoms with van der Waals surface area (Å²) in [6.45, 7) is 7.86. The summed E-state index contributed by atoms with van der Waals surface area (Å²) in [7, 11) is 3.05. The number of anilines is 1. The number of nitrogens with zero attached hydrogens (tertiary/aromatic N) is 4. The lowest BCUT2D eigenvalue weighted by molar-refractivity contribution is -0.140. The second-order valence-corrected chi connectivity index (χ2v) is 20.8. The summed E-state index contributed by atoms with van der Waals surface area (Å²) in [4.78, 5) is 134. The number of allylic oxidation sites excluding steroid dienone is 1. The SMILES string of the molecule is COC1=CC2=C(CN(C(=O)CCC(=O)O)C2)C(C)C=C1OCCCOc1nc2c(cc1OC)CN(C(=O)CCC(=O)NCc1ccc(NC(=O)[C@H](CCCNC(N)=O)NC(=O)[C@@H](NC(=O)CCCCCN3C(=O)C=CC3=O)C(C)C)cc1)C2. The number of imide groups is 1. The Balaban J connectivity index is 0.906. The Kier molecular flexibility index (Phi) is 23.6. The second-order valence-electron chi connectivity index (χ2n) is 20.8.